The Morgan fingerprint density at radius 3 is 2.70 bits per heavy atom. The average Bonchev–Trinajstić information content (AvgIpc) is 2.41. The van der Waals surface area contributed by atoms with Crippen molar-refractivity contribution in [1.82, 2.24) is 4.98 Å². The Labute approximate surface area is 121 Å². The molecule has 4 nitrogen and oxygen atoms in total. The molecule has 0 radical (unpaired) electrons. The van der Waals surface area contributed by atoms with Gasteiger partial charge in [0.15, 0.2) is 0 Å². The zero-order valence-corrected chi connectivity index (χ0v) is 11.6. The van der Waals surface area contributed by atoms with Gasteiger partial charge in [0.1, 0.15) is 11.4 Å². The SMILES string of the molecule is O=C(Nc1ccccc1OC(F)F)c1ncccc1Br. The number of hydrogen-bond acceptors (Lipinski definition) is 3. The van der Waals surface area contributed by atoms with E-state index in [2.05, 4.69) is 31.0 Å². The smallest absolute Gasteiger partial charge is 0.387 e. The molecule has 7 heteroatoms. The summed E-state index contributed by atoms with van der Waals surface area (Å²) < 4.78 is 29.4. The predicted molar refractivity (Wildman–Crippen MR) is 73.0 cm³/mol. The lowest BCUT2D eigenvalue weighted by molar-refractivity contribution is -0.0493. The van der Waals surface area contributed by atoms with Crippen molar-refractivity contribution in [3.8, 4) is 5.75 Å². The van der Waals surface area contributed by atoms with E-state index in [1.165, 1.54) is 24.4 Å². The van der Waals surface area contributed by atoms with E-state index in [0.29, 0.717) is 4.47 Å². The summed E-state index contributed by atoms with van der Waals surface area (Å²) in [5.74, 6) is -0.634. The van der Waals surface area contributed by atoms with Crippen molar-refractivity contribution in [2.24, 2.45) is 0 Å². The van der Waals surface area contributed by atoms with Gasteiger partial charge >= 0.3 is 6.61 Å². The second-order valence-corrected chi connectivity index (χ2v) is 4.52. The first-order valence-electron chi connectivity index (χ1n) is 5.53. The van der Waals surface area contributed by atoms with Crippen LogP contribution in [0.5, 0.6) is 5.75 Å². The van der Waals surface area contributed by atoms with Crippen LogP contribution in [0.15, 0.2) is 47.1 Å². The number of nitrogens with zero attached hydrogens (tertiary/aromatic N) is 1. The molecule has 1 amide bonds. The summed E-state index contributed by atoms with van der Waals surface area (Å²) in [4.78, 5) is 15.9. The van der Waals surface area contributed by atoms with Gasteiger partial charge in [-0.15, -0.1) is 0 Å². The Morgan fingerprint density at radius 2 is 2.00 bits per heavy atom. The van der Waals surface area contributed by atoms with E-state index in [1.807, 2.05) is 0 Å². The first kappa shape index (κ1) is 14.4. The summed E-state index contributed by atoms with van der Waals surface area (Å²) in [6.07, 6.45) is 1.46. The largest absolute Gasteiger partial charge is 0.433 e. The molecule has 0 unspecified atom stereocenters. The third-order valence-corrected chi connectivity index (χ3v) is 2.96. The number of rotatable bonds is 4. The lowest BCUT2D eigenvalue weighted by atomic mass is 10.2. The van der Waals surface area contributed by atoms with Crippen molar-refractivity contribution < 1.29 is 18.3 Å². The van der Waals surface area contributed by atoms with E-state index in [9.17, 15) is 13.6 Å². The van der Waals surface area contributed by atoms with E-state index in [4.69, 9.17) is 0 Å². The number of amides is 1. The van der Waals surface area contributed by atoms with Crippen LogP contribution in [-0.4, -0.2) is 17.5 Å². The highest BCUT2D eigenvalue weighted by molar-refractivity contribution is 9.10. The molecule has 104 valence electrons. The van der Waals surface area contributed by atoms with Gasteiger partial charge in [0.2, 0.25) is 0 Å². The minimum Gasteiger partial charge on any atom is -0.433 e. The highest BCUT2D eigenvalue weighted by Gasteiger charge is 2.15. The maximum absolute atomic E-state index is 12.3. The van der Waals surface area contributed by atoms with Crippen LogP contribution < -0.4 is 10.1 Å². The molecule has 0 saturated carbocycles. The number of alkyl halides is 2. The average molecular weight is 343 g/mol. The van der Waals surface area contributed by atoms with Crippen LogP contribution >= 0.6 is 15.9 Å². The molecule has 1 aromatic heterocycles. The molecule has 1 N–H and O–H groups in total. The van der Waals surface area contributed by atoms with Crippen LogP contribution in [0.2, 0.25) is 0 Å². The topological polar surface area (TPSA) is 51.2 Å². The van der Waals surface area contributed by atoms with E-state index in [-0.39, 0.29) is 17.1 Å². The number of halogens is 3. The van der Waals surface area contributed by atoms with Crippen LogP contribution in [0.3, 0.4) is 0 Å². The molecule has 0 aliphatic rings. The zero-order valence-electron chi connectivity index (χ0n) is 10.0. The third-order valence-electron chi connectivity index (χ3n) is 2.32. The van der Waals surface area contributed by atoms with Crippen molar-refractivity contribution in [2.75, 3.05) is 5.32 Å². The number of anilines is 1. The Morgan fingerprint density at radius 1 is 1.25 bits per heavy atom. The zero-order chi connectivity index (χ0) is 14.5. The summed E-state index contributed by atoms with van der Waals surface area (Å²) in [5.41, 5.74) is 0.301. The van der Waals surface area contributed by atoms with Crippen LogP contribution in [0.25, 0.3) is 0 Å². The normalized spacial score (nSPS) is 10.4. The third kappa shape index (κ3) is 3.51. The lowest BCUT2D eigenvalue weighted by Crippen LogP contribution is -2.15. The van der Waals surface area contributed by atoms with Gasteiger partial charge in [0.25, 0.3) is 5.91 Å². The Hall–Kier alpha value is -2.02. The van der Waals surface area contributed by atoms with Crippen LogP contribution in [-0.2, 0) is 0 Å². The Bertz CT molecular complexity index is 623. The number of pyridine rings is 1. The standard InChI is InChI=1S/C13H9BrF2N2O2/c14-8-4-3-7-17-11(8)12(19)18-9-5-1-2-6-10(9)20-13(15)16/h1-7,13H,(H,18,19). The van der Waals surface area contributed by atoms with E-state index in [1.54, 1.807) is 18.2 Å². The minimum absolute atomic E-state index is 0.108. The molecule has 0 fully saturated rings. The van der Waals surface area contributed by atoms with Crippen LogP contribution in [0.4, 0.5) is 14.5 Å². The maximum atomic E-state index is 12.3. The van der Waals surface area contributed by atoms with Gasteiger partial charge in [-0.2, -0.15) is 8.78 Å². The van der Waals surface area contributed by atoms with Gasteiger partial charge < -0.3 is 10.1 Å². The van der Waals surface area contributed by atoms with E-state index < -0.39 is 12.5 Å². The molecule has 0 bridgehead atoms. The summed E-state index contributed by atoms with van der Waals surface area (Å²) in [6.45, 7) is -2.96. The monoisotopic (exact) mass is 342 g/mol. The maximum Gasteiger partial charge on any atom is 0.387 e. The number of carbonyl (C=O) groups is 1. The molecule has 2 rings (SSSR count). The van der Waals surface area contributed by atoms with Gasteiger partial charge in [-0.1, -0.05) is 12.1 Å². The van der Waals surface area contributed by atoms with Gasteiger partial charge in [0, 0.05) is 10.7 Å². The molecule has 2 aromatic rings. The van der Waals surface area contributed by atoms with Crippen molar-refractivity contribution >= 4 is 27.5 Å². The number of ether oxygens (including phenoxy) is 1. The summed E-state index contributed by atoms with van der Waals surface area (Å²) in [6, 6.07) is 9.26. The molecule has 0 spiro atoms. The van der Waals surface area contributed by atoms with Crippen molar-refractivity contribution in [2.45, 2.75) is 6.61 Å². The Balaban J connectivity index is 2.22. The number of carbonyl (C=O) groups excluding carboxylic acids is 1. The summed E-state index contributed by atoms with van der Waals surface area (Å²) in [7, 11) is 0. The van der Waals surface area contributed by atoms with Crippen LogP contribution in [0, 0.1) is 0 Å². The molecule has 20 heavy (non-hydrogen) atoms. The first-order valence-corrected chi connectivity index (χ1v) is 6.33. The van der Waals surface area contributed by atoms with Gasteiger partial charge in [-0.25, -0.2) is 4.98 Å². The predicted octanol–water partition coefficient (Wildman–Crippen LogP) is 3.70. The number of aromatic nitrogens is 1. The summed E-state index contributed by atoms with van der Waals surface area (Å²) >= 11 is 3.19. The molecule has 0 aliphatic heterocycles. The number of nitrogens with one attached hydrogen (secondary N) is 1. The molecular formula is C13H9BrF2N2O2. The van der Waals surface area contributed by atoms with Crippen molar-refractivity contribution in [3.05, 3.63) is 52.8 Å². The molecule has 1 heterocycles. The van der Waals surface area contributed by atoms with Crippen molar-refractivity contribution in [3.63, 3.8) is 0 Å². The molecule has 0 atom stereocenters. The van der Waals surface area contributed by atoms with Gasteiger partial charge in [-0.05, 0) is 40.2 Å². The highest BCUT2D eigenvalue weighted by Crippen LogP contribution is 2.26. The van der Waals surface area contributed by atoms with E-state index >= 15 is 0 Å². The van der Waals surface area contributed by atoms with Crippen LogP contribution in [0.1, 0.15) is 10.5 Å². The van der Waals surface area contributed by atoms with E-state index in [0.717, 1.165) is 0 Å². The number of hydrogen-bond donors (Lipinski definition) is 1. The van der Waals surface area contributed by atoms with Crippen molar-refractivity contribution in [1.29, 1.82) is 0 Å². The number of para-hydroxylation sites is 2. The molecule has 1 aromatic carbocycles. The molecular weight excluding hydrogens is 334 g/mol. The fourth-order valence-electron chi connectivity index (χ4n) is 1.50. The van der Waals surface area contributed by atoms with Gasteiger partial charge in [-0.3, -0.25) is 4.79 Å². The fourth-order valence-corrected chi connectivity index (χ4v) is 1.94. The minimum atomic E-state index is -2.96. The lowest BCUT2D eigenvalue weighted by Gasteiger charge is -2.11. The second-order valence-electron chi connectivity index (χ2n) is 3.66. The highest BCUT2D eigenvalue weighted by atomic mass is 79.9. The molecule has 0 saturated heterocycles. The summed E-state index contributed by atoms with van der Waals surface area (Å²) in [5, 5.41) is 2.48. The fraction of sp³-hybridized carbons (Fsp3) is 0.0769. The number of benzene rings is 1. The quantitative estimate of drug-likeness (QED) is 0.921. The first-order chi connectivity index (χ1) is 9.58. The molecule has 0 aliphatic carbocycles. The second kappa shape index (κ2) is 6.42. The van der Waals surface area contributed by atoms with Gasteiger partial charge in [0.05, 0.1) is 5.69 Å². The Kier molecular flexibility index (Phi) is 4.62.